The van der Waals surface area contributed by atoms with E-state index < -0.39 is 35.4 Å². The standard InChI is InChI=1S/C29H27Cl2F2N3O3/c1-17(27(37)34-15-19-10-22(32)14-23(33)11-19)28(38)35-26(13-18-6-7-24(30)25(31)12-18)29(39)36-9-8-20-4-2-3-5-21(20)16-36/h2-7,10-12,14,17,26H,8-9,13,15-16H2,1H3,(H,34,37)(H,35,38). The summed E-state index contributed by atoms with van der Waals surface area (Å²) in [4.78, 5) is 41.1. The van der Waals surface area contributed by atoms with E-state index in [0.29, 0.717) is 35.1 Å². The van der Waals surface area contributed by atoms with Crippen molar-refractivity contribution in [1.82, 2.24) is 15.5 Å². The van der Waals surface area contributed by atoms with E-state index >= 15 is 0 Å². The molecule has 3 aromatic carbocycles. The minimum atomic E-state index is -1.17. The Bertz CT molecular complexity index is 1380. The normalized spacial score (nSPS) is 14.2. The van der Waals surface area contributed by atoms with Crippen LogP contribution in [0.15, 0.2) is 60.7 Å². The number of hydrogen-bond donors (Lipinski definition) is 2. The fourth-order valence-electron chi connectivity index (χ4n) is 4.48. The Morgan fingerprint density at radius 3 is 2.28 bits per heavy atom. The average molecular weight is 574 g/mol. The summed E-state index contributed by atoms with van der Waals surface area (Å²) in [7, 11) is 0. The second kappa shape index (κ2) is 12.6. The molecule has 2 atom stereocenters. The Kier molecular flexibility index (Phi) is 9.20. The molecule has 3 amide bonds. The van der Waals surface area contributed by atoms with Crippen molar-refractivity contribution in [3.05, 3.63) is 105 Å². The molecule has 0 aromatic heterocycles. The van der Waals surface area contributed by atoms with Crippen LogP contribution in [-0.2, 0) is 40.3 Å². The Morgan fingerprint density at radius 2 is 1.59 bits per heavy atom. The summed E-state index contributed by atoms with van der Waals surface area (Å²) in [5.41, 5.74) is 3.12. The lowest BCUT2D eigenvalue weighted by atomic mass is 9.98. The summed E-state index contributed by atoms with van der Waals surface area (Å²) in [6, 6.07) is 14.8. The Labute approximate surface area is 235 Å². The van der Waals surface area contributed by atoms with Crippen molar-refractivity contribution >= 4 is 40.9 Å². The number of hydrogen-bond acceptors (Lipinski definition) is 3. The second-order valence-corrected chi connectivity index (χ2v) is 10.3. The van der Waals surface area contributed by atoms with Gasteiger partial charge in [-0.05, 0) is 59.9 Å². The van der Waals surface area contributed by atoms with Gasteiger partial charge in [0.15, 0.2) is 0 Å². The maximum atomic E-state index is 13.6. The highest BCUT2D eigenvalue weighted by Gasteiger charge is 2.31. The maximum Gasteiger partial charge on any atom is 0.245 e. The summed E-state index contributed by atoms with van der Waals surface area (Å²) in [5, 5.41) is 5.93. The number of nitrogens with one attached hydrogen (secondary N) is 2. The molecule has 4 rings (SSSR count). The molecule has 2 unspecified atom stereocenters. The van der Waals surface area contributed by atoms with E-state index in [4.69, 9.17) is 23.2 Å². The van der Waals surface area contributed by atoms with Crippen LogP contribution >= 0.6 is 23.2 Å². The van der Waals surface area contributed by atoms with Crippen LogP contribution in [0.3, 0.4) is 0 Å². The fourth-order valence-corrected chi connectivity index (χ4v) is 4.80. The van der Waals surface area contributed by atoms with Gasteiger partial charge in [0.25, 0.3) is 0 Å². The number of carbonyl (C=O) groups excluding carboxylic acids is 3. The van der Waals surface area contributed by atoms with Gasteiger partial charge in [-0.15, -0.1) is 0 Å². The van der Waals surface area contributed by atoms with E-state index in [1.165, 1.54) is 12.5 Å². The van der Waals surface area contributed by atoms with Gasteiger partial charge >= 0.3 is 0 Å². The second-order valence-electron chi connectivity index (χ2n) is 9.51. The molecule has 1 heterocycles. The van der Waals surface area contributed by atoms with Gasteiger partial charge in [0.05, 0.1) is 10.0 Å². The van der Waals surface area contributed by atoms with Crippen LogP contribution < -0.4 is 10.6 Å². The first kappa shape index (κ1) is 28.5. The summed E-state index contributed by atoms with van der Waals surface area (Å²) >= 11 is 12.2. The van der Waals surface area contributed by atoms with Crippen molar-refractivity contribution in [2.45, 2.75) is 38.9 Å². The van der Waals surface area contributed by atoms with Crippen LogP contribution in [0.25, 0.3) is 0 Å². The molecule has 0 saturated carbocycles. The molecule has 0 fully saturated rings. The first-order valence-electron chi connectivity index (χ1n) is 12.4. The first-order chi connectivity index (χ1) is 18.6. The monoisotopic (exact) mass is 573 g/mol. The molecule has 0 radical (unpaired) electrons. The molecule has 204 valence electrons. The van der Waals surface area contributed by atoms with Crippen LogP contribution in [-0.4, -0.2) is 35.2 Å². The molecule has 1 aliphatic heterocycles. The Morgan fingerprint density at radius 1 is 0.897 bits per heavy atom. The summed E-state index contributed by atoms with van der Waals surface area (Å²) < 4.78 is 26.9. The number of rotatable bonds is 8. The number of halogens is 4. The highest BCUT2D eigenvalue weighted by Crippen LogP contribution is 2.24. The third-order valence-electron chi connectivity index (χ3n) is 6.66. The third kappa shape index (κ3) is 7.34. The number of carbonyl (C=O) groups is 3. The zero-order chi connectivity index (χ0) is 28.1. The zero-order valence-corrected chi connectivity index (χ0v) is 22.7. The smallest absolute Gasteiger partial charge is 0.245 e. The molecule has 2 N–H and O–H groups in total. The zero-order valence-electron chi connectivity index (χ0n) is 21.1. The van der Waals surface area contributed by atoms with Gasteiger partial charge in [-0.2, -0.15) is 0 Å². The van der Waals surface area contributed by atoms with Crippen LogP contribution in [0.4, 0.5) is 8.78 Å². The van der Waals surface area contributed by atoms with E-state index in [1.807, 2.05) is 24.3 Å². The van der Waals surface area contributed by atoms with E-state index in [1.54, 1.807) is 23.1 Å². The number of fused-ring (bicyclic) bond motifs is 1. The number of benzene rings is 3. The van der Waals surface area contributed by atoms with Gasteiger partial charge in [-0.3, -0.25) is 14.4 Å². The summed E-state index contributed by atoms with van der Waals surface area (Å²) in [6.07, 6.45) is 0.825. The van der Waals surface area contributed by atoms with Gasteiger partial charge in [0.1, 0.15) is 23.6 Å². The molecule has 1 aliphatic rings. The molecule has 39 heavy (non-hydrogen) atoms. The minimum absolute atomic E-state index is 0.135. The molecule has 6 nitrogen and oxygen atoms in total. The lowest BCUT2D eigenvalue weighted by molar-refractivity contribution is -0.140. The van der Waals surface area contributed by atoms with Gasteiger partial charge in [0.2, 0.25) is 17.7 Å². The van der Waals surface area contributed by atoms with Crippen molar-refractivity contribution in [3.8, 4) is 0 Å². The molecular formula is C29H27Cl2F2N3O3. The van der Waals surface area contributed by atoms with Crippen LogP contribution in [0.5, 0.6) is 0 Å². The lowest BCUT2D eigenvalue weighted by Gasteiger charge is -2.32. The third-order valence-corrected chi connectivity index (χ3v) is 7.40. The van der Waals surface area contributed by atoms with Crippen molar-refractivity contribution < 1.29 is 23.2 Å². The quantitative estimate of drug-likeness (QED) is 0.379. The molecule has 0 aliphatic carbocycles. The highest BCUT2D eigenvalue weighted by atomic mass is 35.5. The Balaban J connectivity index is 1.47. The SMILES string of the molecule is CC(C(=O)NCc1cc(F)cc(F)c1)C(=O)NC(Cc1ccc(Cl)c(Cl)c1)C(=O)N1CCc2ccccc2C1. The first-order valence-corrected chi connectivity index (χ1v) is 13.2. The Hall–Kier alpha value is -3.49. The number of nitrogens with zero attached hydrogens (tertiary/aromatic N) is 1. The summed E-state index contributed by atoms with van der Waals surface area (Å²) in [5.74, 6) is -4.30. The topological polar surface area (TPSA) is 78.5 Å². The van der Waals surface area contributed by atoms with Crippen molar-refractivity contribution in [3.63, 3.8) is 0 Å². The van der Waals surface area contributed by atoms with Crippen molar-refractivity contribution in [2.24, 2.45) is 5.92 Å². The van der Waals surface area contributed by atoms with Gasteiger partial charge in [-0.1, -0.05) is 53.5 Å². The fraction of sp³-hybridized carbons (Fsp3) is 0.276. The lowest BCUT2D eigenvalue weighted by Crippen LogP contribution is -2.53. The molecule has 0 saturated heterocycles. The molecule has 3 aromatic rings. The van der Waals surface area contributed by atoms with Gasteiger partial charge < -0.3 is 15.5 Å². The van der Waals surface area contributed by atoms with E-state index in [9.17, 15) is 23.2 Å². The average Bonchev–Trinajstić information content (AvgIpc) is 2.91. The predicted molar refractivity (Wildman–Crippen MR) is 145 cm³/mol. The van der Waals surface area contributed by atoms with E-state index in [-0.39, 0.29) is 24.4 Å². The van der Waals surface area contributed by atoms with Gasteiger partial charge in [-0.25, -0.2) is 8.78 Å². The molecule has 0 spiro atoms. The van der Waals surface area contributed by atoms with Crippen LogP contribution in [0, 0.1) is 17.6 Å². The van der Waals surface area contributed by atoms with Crippen molar-refractivity contribution in [2.75, 3.05) is 6.54 Å². The number of amides is 3. The molecular weight excluding hydrogens is 547 g/mol. The van der Waals surface area contributed by atoms with Crippen molar-refractivity contribution in [1.29, 1.82) is 0 Å². The molecule has 10 heteroatoms. The van der Waals surface area contributed by atoms with Crippen LogP contribution in [0.1, 0.15) is 29.2 Å². The van der Waals surface area contributed by atoms with Crippen LogP contribution in [0.2, 0.25) is 10.0 Å². The van der Waals surface area contributed by atoms with E-state index in [0.717, 1.165) is 23.8 Å². The highest BCUT2D eigenvalue weighted by molar-refractivity contribution is 6.42. The minimum Gasteiger partial charge on any atom is -0.351 e. The largest absolute Gasteiger partial charge is 0.351 e. The molecule has 0 bridgehead atoms. The maximum absolute atomic E-state index is 13.6. The predicted octanol–water partition coefficient (Wildman–Crippen LogP) is 4.84. The van der Waals surface area contributed by atoms with Gasteiger partial charge in [0, 0.05) is 32.1 Å². The van der Waals surface area contributed by atoms with E-state index in [2.05, 4.69) is 10.6 Å². The summed E-state index contributed by atoms with van der Waals surface area (Å²) in [6.45, 7) is 2.13.